The average Bonchev–Trinajstić information content (AvgIpc) is 2.02. The SMILES string of the molecule is Nc1ccc2c(c1)C=CCS2(=O)=O. The van der Waals surface area contributed by atoms with Crippen molar-refractivity contribution in [2.24, 2.45) is 0 Å². The van der Waals surface area contributed by atoms with Gasteiger partial charge in [0.25, 0.3) is 0 Å². The zero-order valence-electron chi connectivity index (χ0n) is 6.90. The van der Waals surface area contributed by atoms with Gasteiger partial charge in [0.15, 0.2) is 9.84 Å². The van der Waals surface area contributed by atoms with Crippen molar-refractivity contribution in [2.45, 2.75) is 4.90 Å². The van der Waals surface area contributed by atoms with Crippen LogP contribution in [0.4, 0.5) is 5.69 Å². The third-order valence-corrected chi connectivity index (χ3v) is 3.66. The summed E-state index contributed by atoms with van der Waals surface area (Å²) in [5, 5.41) is 0. The highest BCUT2D eigenvalue weighted by Crippen LogP contribution is 2.24. The summed E-state index contributed by atoms with van der Waals surface area (Å²) in [7, 11) is -3.10. The molecule has 1 aromatic rings. The van der Waals surface area contributed by atoms with Gasteiger partial charge >= 0.3 is 0 Å². The summed E-state index contributed by atoms with van der Waals surface area (Å²) < 4.78 is 23.0. The molecule has 1 aromatic carbocycles. The van der Waals surface area contributed by atoms with Crippen LogP contribution in [0.25, 0.3) is 6.08 Å². The summed E-state index contributed by atoms with van der Waals surface area (Å²) in [5.41, 5.74) is 6.81. The van der Waals surface area contributed by atoms with Gasteiger partial charge < -0.3 is 5.73 Å². The molecule has 0 aromatic heterocycles. The first kappa shape index (κ1) is 8.31. The molecule has 68 valence electrons. The maximum Gasteiger partial charge on any atom is 0.182 e. The standard InChI is InChI=1S/C9H9NO2S/c10-8-3-4-9-7(6-8)2-1-5-13(9,11)12/h1-4,6H,5,10H2. The third kappa shape index (κ3) is 1.33. The Bertz CT molecular complexity index is 474. The van der Waals surface area contributed by atoms with Gasteiger partial charge in [0, 0.05) is 5.69 Å². The molecule has 1 aliphatic rings. The summed E-state index contributed by atoms with van der Waals surface area (Å²) >= 11 is 0. The Morgan fingerprint density at radius 1 is 1.31 bits per heavy atom. The lowest BCUT2D eigenvalue weighted by Gasteiger charge is -2.10. The predicted octanol–water partition coefficient (Wildman–Crippen LogP) is 1.07. The summed E-state index contributed by atoms with van der Waals surface area (Å²) in [6, 6.07) is 4.83. The van der Waals surface area contributed by atoms with E-state index < -0.39 is 9.84 Å². The number of hydrogen-bond donors (Lipinski definition) is 1. The van der Waals surface area contributed by atoms with Gasteiger partial charge in [-0.2, -0.15) is 0 Å². The quantitative estimate of drug-likeness (QED) is 0.630. The van der Waals surface area contributed by atoms with Gasteiger partial charge in [-0.3, -0.25) is 0 Å². The zero-order valence-corrected chi connectivity index (χ0v) is 7.71. The van der Waals surface area contributed by atoms with Crippen LogP contribution in [0.2, 0.25) is 0 Å². The van der Waals surface area contributed by atoms with E-state index >= 15 is 0 Å². The highest BCUT2D eigenvalue weighted by atomic mass is 32.2. The van der Waals surface area contributed by atoms with E-state index in [1.807, 2.05) is 0 Å². The Labute approximate surface area is 76.8 Å². The first-order valence-electron chi connectivity index (χ1n) is 3.88. The number of sulfone groups is 1. The van der Waals surface area contributed by atoms with Crippen LogP contribution in [0, 0.1) is 0 Å². The molecule has 0 amide bonds. The average molecular weight is 195 g/mol. The van der Waals surface area contributed by atoms with E-state index in [2.05, 4.69) is 0 Å². The fourth-order valence-corrected chi connectivity index (χ4v) is 2.66. The highest BCUT2D eigenvalue weighted by Gasteiger charge is 2.19. The molecule has 2 N–H and O–H groups in total. The lowest BCUT2D eigenvalue weighted by atomic mass is 10.2. The maximum atomic E-state index is 11.5. The molecule has 2 rings (SSSR count). The topological polar surface area (TPSA) is 60.2 Å². The van der Waals surface area contributed by atoms with Crippen molar-refractivity contribution in [1.29, 1.82) is 0 Å². The minimum absolute atomic E-state index is 0.0872. The smallest absolute Gasteiger partial charge is 0.182 e. The number of nitrogens with two attached hydrogens (primary N) is 1. The van der Waals surface area contributed by atoms with Crippen LogP contribution in [0.3, 0.4) is 0 Å². The number of hydrogen-bond acceptors (Lipinski definition) is 3. The predicted molar refractivity (Wildman–Crippen MR) is 51.9 cm³/mol. The number of nitrogen functional groups attached to an aromatic ring is 1. The lowest BCUT2D eigenvalue weighted by Crippen LogP contribution is -2.10. The van der Waals surface area contributed by atoms with E-state index in [4.69, 9.17) is 5.73 Å². The molecule has 0 saturated carbocycles. The molecule has 13 heavy (non-hydrogen) atoms. The van der Waals surface area contributed by atoms with Crippen LogP contribution in [-0.4, -0.2) is 14.2 Å². The minimum atomic E-state index is -3.10. The van der Waals surface area contributed by atoms with Crippen LogP contribution >= 0.6 is 0 Å². The fraction of sp³-hybridized carbons (Fsp3) is 0.111. The van der Waals surface area contributed by atoms with Crippen LogP contribution in [0.15, 0.2) is 29.2 Å². The molecule has 0 bridgehead atoms. The minimum Gasteiger partial charge on any atom is -0.399 e. The van der Waals surface area contributed by atoms with Crippen molar-refractivity contribution < 1.29 is 8.42 Å². The van der Waals surface area contributed by atoms with Gasteiger partial charge in [-0.05, 0) is 23.8 Å². The Morgan fingerprint density at radius 3 is 2.85 bits per heavy atom. The second kappa shape index (κ2) is 2.60. The first-order valence-corrected chi connectivity index (χ1v) is 5.54. The van der Waals surface area contributed by atoms with Crippen LogP contribution < -0.4 is 5.73 Å². The fourth-order valence-electron chi connectivity index (χ4n) is 1.37. The van der Waals surface area contributed by atoms with E-state index in [0.717, 1.165) is 0 Å². The van der Waals surface area contributed by atoms with E-state index in [1.54, 1.807) is 30.4 Å². The molecule has 0 unspecified atom stereocenters. The zero-order chi connectivity index (χ0) is 9.47. The number of benzene rings is 1. The van der Waals surface area contributed by atoms with Crippen LogP contribution in [0.5, 0.6) is 0 Å². The number of rotatable bonds is 0. The largest absolute Gasteiger partial charge is 0.399 e. The second-order valence-corrected chi connectivity index (χ2v) is 4.98. The Kier molecular flexibility index (Phi) is 1.66. The first-order chi connectivity index (χ1) is 6.09. The lowest BCUT2D eigenvalue weighted by molar-refractivity contribution is 0.598. The molecule has 0 spiro atoms. The van der Waals surface area contributed by atoms with Gasteiger partial charge in [-0.1, -0.05) is 12.2 Å². The van der Waals surface area contributed by atoms with Gasteiger partial charge in [0.2, 0.25) is 0 Å². The number of anilines is 1. The summed E-state index contributed by atoms with van der Waals surface area (Å²) in [4.78, 5) is 0.379. The number of fused-ring (bicyclic) bond motifs is 1. The van der Waals surface area contributed by atoms with Crippen LogP contribution in [-0.2, 0) is 9.84 Å². The van der Waals surface area contributed by atoms with Crippen molar-refractivity contribution >= 4 is 21.6 Å². The van der Waals surface area contributed by atoms with Crippen molar-refractivity contribution in [3.63, 3.8) is 0 Å². The van der Waals surface area contributed by atoms with Gasteiger partial charge in [-0.25, -0.2) is 8.42 Å². The maximum absolute atomic E-state index is 11.5. The molecule has 1 heterocycles. The van der Waals surface area contributed by atoms with Gasteiger partial charge in [-0.15, -0.1) is 0 Å². The third-order valence-electron chi connectivity index (χ3n) is 1.98. The molecule has 0 atom stereocenters. The van der Waals surface area contributed by atoms with E-state index in [9.17, 15) is 8.42 Å². The van der Waals surface area contributed by atoms with Crippen molar-refractivity contribution in [3.8, 4) is 0 Å². The second-order valence-electron chi connectivity index (χ2n) is 2.98. The van der Waals surface area contributed by atoms with Crippen molar-refractivity contribution in [3.05, 3.63) is 29.8 Å². The summed E-state index contributed by atoms with van der Waals surface area (Å²) in [6.07, 6.45) is 3.42. The molecule has 4 heteroatoms. The molecule has 0 saturated heterocycles. The monoisotopic (exact) mass is 195 g/mol. The normalized spacial score (nSPS) is 18.2. The Hall–Kier alpha value is -1.29. The molecule has 1 aliphatic heterocycles. The molecular formula is C9H9NO2S. The van der Waals surface area contributed by atoms with Crippen molar-refractivity contribution in [2.75, 3.05) is 11.5 Å². The molecular weight excluding hydrogens is 186 g/mol. The van der Waals surface area contributed by atoms with Crippen molar-refractivity contribution in [1.82, 2.24) is 0 Å². The Morgan fingerprint density at radius 2 is 2.08 bits per heavy atom. The van der Waals surface area contributed by atoms with E-state index in [-0.39, 0.29) is 5.75 Å². The summed E-state index contributed by atoms with van der Waals surface area (Å²) in [5.74, 6) is 0.0872. The van der Waals surface area contributed by atoms with Gasteiger partial charge in [0.05, 0.1) is 10.6 Å². The Balaban J connectivity index is 2.75. The molecule has 3 nitrogen and oxygen atoms in total. The molecule has 0 aliphatic carbocycles. The van der Waals surface area contributed by atoms with E-state index in [1.165, 1.54) is 0 Å². The van der Waals surface area contributed by atoms with E-state index in [0.29, 0.717) is 16.1 Å². The summed E-state index contributed by atoms with van der Waals surface area (Å²) in [6.45, 7) is 0. The van der Waals surface area contributed by atoms with Gasteiger partial charge in [0.1, 0.15) is 0 Å². The molecule has 0 radical (unpaired) electrons. The highest BCUT2D eigenvalue weighted by molar-refractivity contribution is 7.91. The molecule has 0 fully saturated rings. The van der Waals surface area contributed by atoms with Crippen LogP contribution in [0.1, 0.15) is 5.56 Å².